The zero-order chi connectivity index (χ0) is 25.9. The first kappa shape index (κ1) is 25.4. The number of aryl methyl sites for hydroxylation is 2. The van der Waals surface area contributed by atoms with Crippen LogP contribution >= 0.6 is 11.6 Å². The minimum Gasteiger partial charge on any atom is -0.502 e. The first-order valence-electron chi connectivity index (χ1n) is 9.73. The third kappa shape index (κ3) is 5.83. The molecule has 0 spiro atoms. The number of hydrazone groups is 1. The SMILES string of the molecule is Cc1ccc(NS(=O)(=O)c2ccc(NN=Cc3cc(Cl)cc([N+](=O)[O-])c3O)c([N+](=O)[O-])c2)c(C)c1. The van der Waals surface area contributed by atoms with Gasteiger partial charge in [-0.15, -0.1) is 0 Å². The summed E-state index contributed by atoms with van der Waals surface area (Å²) in [6, 6.07) is 10.4. The van der Waals surface area contributed by atoms with E-state index in [9.17, 15) is 33.8 Å². The third-order valence-corrected chi connectivity index (χ3v) is 6.35. The molecule has 0 aliphatic carbocycles. The second kappa shape index (κ2) is 9.95. The van der Waals surface area contributed by atoms with Gasteiger partial charge in [0, 0.05) is 22.7 Å². The number of anilines is 2. The van der Waals surface area contributed by atoms with Crippen LogP contribution in [0.3, 0.4) is 0 Å². The maximum Gasteiger partial charge on any atom is 0.312 e. The highest BCUT2D eigenvalue weighted by atomic mass is 35.5. The normalized spacial score (nSPS) is 11.4. The van der Waals surface area contributed by atoms with E-state index in [0.717, 1.165) is 36.0 Å². The summed E-state index contributed by atoms with van der Waals surface area (Å²) in [5.41, 5.74) is 2.82. The number of nitro groups is 2. The Labute approximate surface area is 204 Å². The van der Waals surface area contributed by atoms with Crippen molar-refractivity contribution in [1.82, 2.24) is 0 Å². The zero-order valence-corrected chi connectivity index (χ0v) is 19.8. The number of nitro benzene ring substituents is 2. The van der Waals surface area contributed by atoms with Crippen molar-refractivity contribution in [3.63, 3.8) is 0 Å². The lowest BCUT2D eigenvalue weighted by Crippen LogP contribution is -2.14. The Morgan fingerprint density at radius 1 is 0.971 bits per heavy atom. The van der Waals surface area contributed by atoms with Crippen LogP contribution in [0.1, 0.15) is 16.7 Å². The van der Waals surface area contributed by atoms with E-state index >= 15 is 0 Å². The number of aromatic hydroxyl groups is 1. The molecule has 0 saturated heterocycles. The molecule has 0 bridgehead atoms. The van der Waals surface area contributed by atoms with E-state index in [4.69, 9.17) is 11.6 Å². The van der Waals surface area contributed by atoms with Crippen molar-refractivity contribution in [3.8, 4) is 5.75 Å². The smallest absolute Gasteiger partial charge is 0.312 e. The number of phenols is 1. The lowest BCUT2D eigenvalue weighted by atomic mass is 10.1. The van der Waals surface area contributed by atoms with Crippen molar-refractivity contribution in [3.05, 3.63) is 90.5 Å². The van der Waals surface area contributed by atoms with Gasteiger partial charge in [0.05, 0.1) is 26.6 Å². The summed E-state index contributed by atoms with van der Waals surface area (Å²) in [5.74, 6) is -0.696. The Morgan fingerprint density at radius 2 is 1.63 bits per heavy atom. The van der Waals surface area contributed by atoms with Gasteiger partial charge in [0.1, 0.15) is 5.69 Å². The predicted octanol–water partition coefficient (Wildman–Crippen LogP) is 4.73. The van der Waals surface area contributed by atoms with Crippen LogP contribution in [0, 0.1) is 34.1 Å². The molecule has 35 heavy (non-hydrogen) atoms. The average molecular weight is 520 g/mol. The molecule has 0 aromatic heterocycles. The van der Waals surface area contributed by atoms with Gasteiger partial charge in [0.15, 0.2) is 0 Å². The summed E-state index contributed by atoms with van der Waals surface area (Å²) >= 11 is 5.81. The van der Waals surface area contributed by atoms with Gasteiger partial charge >= 0.3 is 5.69 Å². The summed E-state index contributed by atoms with van der Waals surface area (Å²) in [6.45, 7) is 3.59. The largest absolute Gasteiger partial charge is 0.502 e. The van der Waals surface area contributed by atoms with E-state index < -0.39 is 37.0 Å². The molecule has 182 valence electrons. The van der Waals surface area contributed by atoms with Crippen LogP contribution in [0.15, 0.2) is 58.5 Å². The fourth-order valence-electron chi connectivity index (χ4n) is 3.07. The van der Waals surface area contributed by atoms with E-state index in [1.807, 2.05) is 6.92 Å². The highest BCUT2D eigenvalue weighted by Crippen LogP contribution is 2.33. The number of hydrogen-bond acceptors (Lipinski definition) is 9. The molecular weight excluding hydrogens is 502 g/mol. The fourth-order valence-corrected chi connectivity index (χ4v) is 4.44. The van der Waals surface area contributed by atoms with E-state index in [0.29, 0.717) is 11.3 Å². The minimum atomic E-state index is -4.14. The summed E-state index contributed by atoms with van der Waals surface area (Å²) in [6.07, 6.45) is 0.977. The summed E-state index contributed by atoms with van der Waals surface area (Å²) in [5, 5.41) is 36.3. The van der Waals surface area contributed by atoms with Crippen molar-refractivity contribution in [2.45, 2.75) is 18.7 Å². The van der Waals surface area contributed by atoms with Crippen molar-refractivity contribution in [2.75, 3.05) is 10.1 Å². The summed E-state index contributed by atoms with van der Waals surface area (Å²) in [7, 11) is -4.14. The molecule has 14 heteroatoms. The molecule has 0 aliphatic rings. The number of benzene rings is 3. The molecule has 3 aromatic rings. The minimum absolute atomic E-state index is 0.0344. The molecule has 0 radical (unpaired) electrons. The van der Waals surface area contributed by atoms with Crippen LogP contribution in [-0.4, -0.2) is 29.6 Å². The Hall–Kier alpha value is -4.23. The van der Waals surface area contributed by atoms with Gasteiger partial charge in [-0.25, -0.2) is 8.42 Å². The molecule has 12 nitrogen and oxygen atoms in total. The van der Waals surface area contributed by atoms with E-state index in [1.165, 1.54) is 6.07 Å². The standard InChI is InChI=1S/C21H18ClN5O7S/c1-12-3-5-17(13(2)7-12)25-35(33,34)16-4-6-18(19(10-16)26(29)30)24-23-11-14-8-15(22)9-20(21(14)28)27(31)32/h3-11,24-25,28H,1-2H3. The molecule has 0 unspecified atom stereocenters. The number of sulfonamides is 1. The number of phenolic OH excluding ortho intramolecular Hbond substituents is 1. The van der Waals surface area contributed by atoms with Crippen molar-refractivity contribution >= 4 is 50.6 Å². The molecule has 0 saturated carbocycles. The second-order valence-electron chi connectivity index (χ2n) is 7.35. The first-order valence-corrected chi connectivity index (χ1v) is 11.6. The van der Waals surface area contributed by atoms with Gasteiger partial charge in [-0.05, 0) is 43.7 Å². The topological polar surface area (TPSA) is 177 Å². The maximum absolute atomic E-state index is 12.8. The molecule has 3 aromatic carbocycles. The van der Waals surface area contributed by atoms with E-state index in [-0.39, 0.29) is 21.2 Å². The van der Waals surface area contributed by atoms with Gasteiger partial charge in [0.25, 0.3) is 15.7 Å². The predicted molar refractivity (Wildman–Crippen MR) is 131 cm³/mol. The molecule has 3 N–H and O–H groups in total. The Balaban J connectivity index is 1.89. The molecule has 3 rings (SSSR count). The van der Waals surface area contributed by atoms with Crippen LogP contribution < -0.4 is 10.1 Å². The fraction of sp³-hybridized carbons (Fsp3) is 0.0952. The third-order valence-electron chi connectivity index (χ3n) is 4.77. The van der Waals surface area contributed by atoms with Crippen molar-refractivity contribution < 1.29 is 23.4 Å². The van der Waals surface area contributed by atoms with Crippen LogP contribution in [-0.2, 0) is 10.0 Å². The van der Waals surface area contributed by atoms with Crippen LogP contribution in [0.4, 0.5) is 22.7 Å². The number of nitrogens with zero attached hydrogens (tertiary/aromatic N) is 3. The summed E-state index contributed by atoms with van der Waals surface area (Å²) < 4.78 is 28.0. The highest BCUT2D eigenvalue weighted by molar-refractivity contribution is 7.92. The molecule has 0 aliphatic heterocycles. The van der Waals surface area contributed by atoms with E-state index in [2.05, 4.69) is 15.2 Å². The first-order chi connectivity index (χ1) is 16.4. The Bertz CT molecular complexity index is 1480. The molecule has 0 heterocycles. The van der Waals surface area contributed by atoms with Crippen LogP contribution in [0.2, 0.25) is 5.02 Å². The molecule has 0 atom stereocenters. The van der Waals surface area contributed by atoms with Gasteiger partial charge in [0.2, 0.25) is 5.75 Å². The van der Waals surface area contributed by atoms with Gasteiger partial charge < -0.3 is 5.11 Å². The number of hydrogen-bond donors (Lipinski definition) is 3. The maximum atomic E-state index is 12.8. The quantitative estimate of drug-likeness (QED) is 0.217. The molecule has 0 fully saturated rings. The highest BCUT2D eigenvalue weighted by Gasteiger charge is 2.22. The van der Waals surface area contributed by atoms with Gasteiger partial charge in [-0.2, -0.15) is 5.10 Å². The lowest BCUT2D eigenvalue weighted by molar-refractivity contribution is -0.385. The Morgan fingerprint density at radius 3 is 2.26 bits per heavy atom. The molecular formula is C21H18ClN5O7S. The van der Waals surface area contributed by atoms with Crippen molar-refractivity contribution in [1.29, 1.82) is 0 Å². The van der Waals surface area contributed by atoms with Gasteiger partial charge in [-0.3, -0.25) is 30.4 Å². The zero-order valence-electron chi connectivity index (χ0n) is 18.2. The summed E-state index contributed by atoms with van der Waals surface area (Å²) in [4.78, 5) is 20.6. The molecule has 0 amide bonds. The van der Waals surface area contributed by atoms with Gasteiger partial charge in [-0.1, -0.05) is 29.3 Å². The van der Waals surface area contributed by atoms with E-state index in [1.54, 1.807) is 25.1 Å². The number of halogens is 1. The number of rotatable bonds is 8. The second-order valence-corrected chi connectivity index (χ2v) is 9.47. The monoisotopic (exact) mass is 519 g/mol. The average Bonchev–Trinajstić information content (AvgIpc) is 2.77. The number of nitrogens with one attached hydrogen (secondary N) is 2. The Kier molecular flexibility index (Phi) is 7.22. The lowest BCUT2D eigenvalue weighted by Gasteiger charge is -2.12. The van der Waals surface area contributed by atoms with Crippen LogP contribution in [0.25, 0.3) is 0 Å². The van der Waals surface area contributed by atoms with Crippen molar-refractivity contribution in [2.24, 2.45) is 5.10 Å². The van der Waals surface area contributed by atoms with Crippen LogP contribution in [0.5, 0.6) is 5.75 Å².